The number of amides is 3. The van der Waals surface area contributed by atoms with Crippen molar-refractivity contribution in [3.8, 4) is 0 Å². The Bertz CT molecular complexity index is 1800. The Labute approximate surface area is 237 Å². The lowest BCUT2D eigenvalue weighted by Crippen LogP contribution is -2.41. The van der Waals surface area contributed by atoms with Crippen LogP contribution in [0, 0.1) is 6.92 Å². The van der Waals surface area contributed by atoms with E-state index in [1.165, 1.54) is 18.2 Å². The second-order valence-electron chi connectivity index (χ2n) is 8.96. The summed E-state index contributed by atoms with van der Waals surface area (Å²) < 4.78 is 4.70. The number of nitrogens with two attached hydrogens (primary N) is 1. The molecule has 212 valence electrons. The fourth-order valence-corrected chi connectivity index (χ4v) is 3.98. The molecule has 42 heavy (non-hydrogen) atoms. The Balaban J connectivity index is 1.81. The molecule has 0 spiro atoms. The van der Waals surface area contributed by atoms with E-state index in [1.807, 2.05) is 12.3 Å². The summed E-state index contributed by atoms with van der Waals surface area (Å²) in [6, 6.07) is 18.1. The van der Waals surface area contributed by atoms with Crippen LogP contribution in [-0.4, -0.2) is 52.3 Å². The largest absolute Gasteiger partial charge is 0.464 e. The molecular weight excluding hydrogens is 544 g/mol. The maximum absolute atomic E-state index is 13.5. The molecule has 0 bridgehead atoms. The highest BCUT2D eigenvalue weighted by atomic mass is 16.5. The number of hydrogen-bond acceptors (Lipinski definition) is 9. The van der Waals surface area contributed by atoms with Crippen molar-refractivity contribution >= 4 is 51.9 Å². The number of ether oxygens (including phenoxy) is 1. The first-order valence-electron chi connectivity index (χ1n) is 12.4. The van der Waals surface area contributed by atoms with Crippen LogP contribution >= 0.6 is 0 Å². The number of hydrazone groups is 1. The number of primary amides is 1. The molecule has 3 amide bonds. The number of nitrogens with zero attached hydrogens (tertiary/aromatic N) is 2. The average Bonchev–Trinajstić information content (AvgIpc) is 2.99. The molecule has 0 aliphatic heterocycles. The summed E-state index contributed by atoms with van der Waals surface area (Å²) in [6.45, 7) is 1.83. The minimum absolute atomic E-state index is 0.123. The van der Waals surface area contributed by atoms with E-state index < -0.39 is 46.6 Å². The number of carbonyl (C=O) groups excluding carboxylic acids is 5. The van der Waals surface area contributed by atoms with E-state index in [-0.39, 0.29) is 28.1 Å². The molecule has 5 N–H and O–H groups in total. The van der Waals surface area contributed by atoms with Gasteiger partial charge in [-0.2, -0.15) is 5.10 Å². The van der Waals surface area contributed by atoms with E-state index >= 15 is 0 Å². The number of anilines is 1. The Morgan fingerprint density at radius 2 is 1.64 bits per heavy atom. The third kappa shape index (κ3) is 6.42. The number of aromatic nitrogens is 2. The predicted octanol–water partition coefficient (Wildman–Crippen LogP) is 1.95. The molecular formula is C29H24N6O7. The number of aryl methyl sites for hydroxylation is 1. The predicted molar refractivity (Wildman–Crippen MR) is 152 cm³/mol. The Hall–Kier alpha value is -5.98. The molecule has 0 radical (unpaired) electrons. The van der Waals surface area contributed by atoms with Crippen molar-refractivity contribution in [2.45, 2.75) is 12.8 Å². The van der Waals surface area contributed by atoms with Gasteiger partial charge >= 0.3 is 12.0 Å². The SMILES string of the molecule is COC(=O)C(=NNC(N)=O)C(C(=O)C(=O)Nc1ccc(C)cc1)c1nc2ccc(C(=O)c3ccccc3)cc2[nH]c1=O. The molecule has 13 heteroatoms. The molecule has 0 aliphatic rings. The van der Waals surface area contributed by atoms with Crippen LogP contribution in [0.25, 0.3) is 11.0 Å². The molecule has 4 rings (SSSR count). The van der Waals surface area contributed by atoms with Gasteiger partial charge in [0, 0.05) is 16.8 Å². The molecule has 13 nitrogen and oxygen atoms in total. The number of H-pyrrole nitrogens is 1. The number of ketones is 2. The van der Waals surface area contributed by atoms with Crippen molar-refractivity contribution in [1.82, 2.24) is 15.4 Å². The van der Waals surface area contributed by atoms with Gasteiger partial charge in [-0.1, -0.05) is 48.0 Å². The fourth-order valence-electron chi connectivity index (χ4n) is 3.98. The number of esters is 1. The molecule has 0 fully saturated rings. The van der Waals surface area contributed by atoms with Gasteiger partial charge in [0.05, 0.1) is 18.1 Å². The van der Waals surface area contributed by atoms with E-state index in [1.54, 1.807) is 54.6 Å². The average molecular weight is 569 g/mol. The van der Waals surface area contributed by atoms with Gasteiger partial charge in [-0.3, -0.25) is 19.2 Å². The molecule has 1 heterocycles. The standard InChI is InChI=1S/C29H24N6O7/c1-15-8-11-18(12-9-15)31-27(39)25(37)21(23(28(40)42-2)34-35-29(30)41)22-26(38)33-20-14-17(10-13-19(20)32-22)24(36)16-6-4-3-5-7-16/h3-14,21H,1-2H3,(H,31,39)(H,33,38)(H3,30,35,41). The molecule has 1 aromatic heterocycles. The van der Waals surface area contributed by atoms with Gasteiger partial charge in [0.25, 0.3) is 11.5 Å². The summed E-state index contributed by atoms with van der Waals surface area (Å²) in [4.78, 5) is 83.6. The number of carbonyl (C=O) groups is 5. The van der Waals surface area contributed by atoms with Crippen LogP contribution in [0.4, 0.5) is 10.5 Å². The van der Waals surface area contributed by atoms with Crippen molar-refractivity contribution in [3.63, 3.8) is 0 Å². The van der Waals surface area contributed by atoms with E-state index in [4.69, 9.17) is 10.5 Å². The van der Waals surface area contributed by atoms with Crippen molar-refractivity contribution in [1.29, 1.82) is 0 Å². The van der Waals surface area contributed by atoms with E-state index in [9.17, 15) is 28.8 Å². The molecule has 0 aliphatic carbocycles. The summed E-state index contributed by atoms with van der Waals surface area (Å²) in [5.41, 5.74) is 6.62. The first-order chi connectivity index (χ1) is 20.1. The number of aromatic amines is 1. The normalized spacial score (nSPS) is 11.8. The van der Waals surface area contributed by atoms with Gasteiger partial charge in [0.1, 0.15) is 11.6 Å². The zero-order chi connectivity index (χ0) is 30.4. The Morgan fingerprint density at radius 3 is 2.29 bits per heavy atom. The maximum Gasteiger partial charge on any atom is 0.355 e. The number of fused-ring (bicyclic) bond motifs is 1. The second kappa shape index (κ2) is 12.5. The smallest absolute Gasteiger partial charge is 0.355 e. The minimum atomic E-state index is -2.02. The van der Waals surface area contributed by atoms with Crippen molar-refractivity contribution in [3.05, 3.63) is 106 Å². The highest BCUT2D eigenvalue weighted by Crippen LogP contribution is 2.21. The van der Waals surface area contributed by atoms with E-state index in [2.05, 4.69) is 20.4 Å². The van der Waals surface area contributed by atoms with Crippen LogP contribution in [0.15, 0.2) is 82.7 Å². The van der Waals surface area contributed by atoms with Crippen LogP contribution in [-0.2, 0) is 19.1 Å². The fraction of sp³-hybridized carbons (Fsp3) is 0.103. The van der Waals surface area contributed by atoms with Gasteiger partial charge < -0.3 is 20.8 Å². The summed E-state index contributed by atoms with van der Waals surface area (Å²) in [5.74, 6) is -6.08. The first-order valence-corrected chi connectivity index (χ1v) is 12.4. The number of urea groups is 1. The van der Waals surface area contributed by atoms with Crippen molar-refractivity contribution in [2.75, 3.05) is 12.4 Å². The van der Waals surface area contributed by atoms with Crippen LogP contribution in [0.1, 0.15) is 33.1 Å². The Kier molecular flexibility index (Phi) is 8.61. The monoisotopic (exact) mass is 568 g/mol. The molecule has 4 aromatic rings. The molecule has 3 aromatic carbocycles. The van der Waals surface area contributed by atoms with Crippen LogP contribution in [0.2, 0.25) is 0 Å². The number of Topliss-reactive ketones (excluding diaryl/α,β-unsaturated/α-hetero) is 1. The lowest BCUT2D eigenvalue weighted by Gasteiger charge is -2.16. The molecule has 0 saturated carbocycles. The van der Waals surface area contributed by atoms with Crippen molar-refractivity contribution in [2.24, 2.45) is 10.8 Å². The minimum Gasteiger partial charge on any atom is -0.464 e. The number of rotatable bonds is 9. The summed E-state index contributed by atoms with van der Waals surface area (Å²) in [6.07, 6.45) is 0. The zero-order valence-corrected chi connectivity index (χ0v) is 22.3. The highest BCUT2D eigenvalue weighted by molar-refractivity contribution is 6.53. The van der Waals surface area contributed by atoms with E-state index in [0.29, 0.717) is 5.56 Å². The molecule has 0 saturated heterocycles. The highest BCUT2D eigenvalue weighted by Gasteiger charge is 2.39. The topological polar surface area (TPSA) is 203 Å². The number of benzene rings is 3. The van der Waals surface area contributed by atoms with Gasteiger partial charge in [-0.15, -0.1) is 0 Å². The number of methoxy groups -OCH3 is 1. The van der Waals surface area contributed by atoms with Gasteiger partial charge in [-0.05, 0) is 37.3 Å². The lowest BCUT2D eigenvalue weighted by atomic mass is 9.93. The van der Waals surface area contributed by atoms with Crippen LogP contribution < -0.4 is 22.0 Å². The number of hydrogen-bond donors (Lipinski definition) is 4. The maximum atomic E-state index is 13.5. The van der Waals surface area contributed by atoms with Gasteiger partial charge in [-0.25, -0.2) is 20.0 Å². The van der Waals surface area contributed by atoms with Crippen molar-refractivity contribution < 1.29 is 28.7 Å². The van der Waals surface area contributed by atoms with Crippen LogP contribution in [0.5, 0.6) is 0 Å². The zero-order valence-electron chi connectivity index (χ0n) is 22.3. The molecule has 1 atom stereocenters. The number of nitrogens with one attached hydrogen (secondary N) is 3. The Morgan fingerprint density at radius 1 is 0.952 bits per heavy atom. The first kappa shape index (κ1) is 29.0. The van der Waals surface area contributed by atoms with Gasteiger partial charge in [0.15, 0.2) is 11.5 Å². The summed E-state index contributed by atoms with van der Waals surface area (Å²) in [5, 5.41) is 5.97. The van der Waals surface area contributed by atoms with Gasteiger partial charge in [0.2, 0.25) is 5.78 Å². The summed E-state index contributed by atoms with van der Waals surface area (Å²) >= 11 is 0. The van der Waals surface area contributed by atoms with Crippen LogP contribution in [0.3, 0.4) is 0 Å². The lowest BCUT2D eigenvalue weighted by molar-refractivity contribution is -0.136. The van der Waals surface area contributed by atoms with E-state index in [0.717, 1.165) is 12.7 Å². The third-order valence-corrected chi connectivity index (χ3v) is 6.04. The summed E-state index contributed by atoms with van der Waals surface area (Å²) in [7, 11) is 0.972. The molecule has 1 unspecified atom stereocenters. The quantitative estimate of drug-likeness (QED) is 0.0770. The third-order valence-electron chi connectivity index (χ3n) is 6.04. The second-order valence-corrected chi connectivity index (χ2v) is 8.96.